The molecular formula is C21H33IN4O. The number of benzene rings is 1. The minimum atomic E-state index is 0. The molecule has 0 radical (unpaired) electrons. The molecule has 0 aromatic heterocycles. The van der Waals surface area contributed by atoms with Gasteiger partial charge in [-0.1, -0.05) is 36.8 Å². The van der Waals surface area contributed by atoms with E-state index in [1.54, 1.807) is 7.05 Å². The summed E-state index contributed by atoms with van der Waals surface area (Å²) in [5.74, 6) is 0.902. The van der Waals surface area contributed by atoms with E-state index in [1.165, 1.54) is 24.0 Å². The van der Waals surface area contributed by atoms with Gasteiger partial charge in [0.25, 0.3) is 0 Å². The standard InChI is InChI=1S/C21H32N4O.HI/c1-4-5-6-7-10-14-24(3)21(22-2)23-16-20(26)25-15-13-18-11-8-9-12-19(18)17-25;/h4,8-9,11-12H,1,5-7,10,13-17H2,2-3H3,(H,22,23);1H. The van der Waals surface area contributed by atoms with Crippen LogP contribution in [-0.2, 0) is 17.8 Å². The van der Waals surface area contributed by atoms with E-state index in [1.807, 2.05) is 24.1 Å². The maximum atomic E-state index is 12.6. The highest BCUT2D eigenvalue weighted by molar-refractivity contribution is 14.0. The SMILES string of the molecule is C=CCCCCCN(C)C(=NC)NCC(=O)N1CCc2ccccc2C1.I. The summed E-state index contributed by atoms with van der Waals surface area (Å²) in [6.07, 6.45) is 7.44. The van der Waals surface area contributed by atoms with Crippen LogP contribution in [0.1, 0.15) is 36.8 Å². The molecule has 1 aromatic rings. The fraction of sp³-hybridized carbons (Fsp3) is 0.524. The summed E-state index contributed by atoms with van der Waals surface area (Å²) in [6.45, 7) is 6.46. The summed E-state index contributed by atoms with van der Waals surface area (Å²) in [4.78, 5) is 20.9. The quantitative estimate of drug-likeness (QED) is 0.202. The molecule has 1 N–H and O–H groups in total. The Morgan fingerprint density at radius 2 is 2.04 bits per heavy atom. The summed E-state index contributed by atoms with van der Waals surface area (Å²) < 4.78 is 0. The van der Waals surface area contributed by atoms with E-state index in [0.29, 0.717) is 6.54 Å². The molecule has 6 heteroatoms. The van der Waals surface area contributed by atoms with Crippen molar-refractivity contribution in [3.63, 3.8) is 0 Å². The van der Waals surface area contributed by atoms with Gasteiger partial charge in [-0.15, -0.1) is 30.6 Å². The number of unbranched alkanes of at least 4 members (excludes halogenated alkanes) is 3. The van der Waals surface area contributed by atoms with E-state index in [4.69, 9.17) is 0 Å². The predicted molar refractivity (Wildman–Crippen MR) is 124 cm³/mol. The lowest BCUT2D eigenvalue weighted by Crippen LogP contribution is -2.46. The first-order valence-corrected chi connectivity index (χ1v) is 9.53. The maximum absolute atomic E-state index is 12.6. The number of rotatable bonds is 8. The molecule has 27 heavy (non-hydrogen) atoms. The zero-order chi connectivity index (χ0) is 18.8. The third-order valence-electron chi connectivity index (χ3n) is 4.86. The normalized spacial score (nSPS) is 13.4. The van der Waals surface area contributed by atoms with Crippen molar-refractivity contribution in [2.24, 2.45) is 4.99 Å². The van der Waals surface area contributed by atoms with Gasteiger partial charge in [-0.2, -0.15) is 0 Å². The Morgan fingerprint density at radius 1 is 1.30 bits per heavy atom. The molecule has 0 fully saturated rings. The molecule has 0 aliphatic carbocycles. The van der Waals surface area contributed by atoms with Gasteiger partial charge in [-0.25, -0.2) is 0 Å². The smallest absolute Gasteiger partial charge is 0.242 e. The number of allylic oxidation sites excluding steroid dienone is 1. The average molecular weight is 484 g/mol. The van der Waals surface area contributed by atoms with Crippen LogP contribution >= 0.6 is 24.0 Å². The van der Waals surface area contributed by atoms with Gasteiger partial charge in [-0.05, 0) is 36.8 Å². The molecule has 0 saturated heterocycles. The number of halogens is 1. The lowest BCUT2D eigenvalue weighted by molar-refractivity contribution is -0.130. The average Bonchev–Trinajstić information content (AvgIpc) is 2.67. The number of carbonyl (C=O) groups is 1. The second kappa shape index (κ2) is 12.8. The largest absolute Gasteiger partial charge is 0.347 e. The number of hydrogen-bond donors (Lipinski definition) is 1. The molecule has 5 nitrogen and oxygen atoms in total. The molecule has 0 saturated carbocycles. The number of aliphatic imine (C=N–C) groups is 1. The van der Waals surface area contributed by atoms with E-state index in [9.17, 15) is 4.79 Å². The van der Waals surface area contributed by atoms with Gasteiger partial charge in [0.05, 0.1) is 6.54 Å². The third-order valence-corrected chi connectivity index (χ3v) is 4.86. The van der Waals surface area contributed by atoms with Gasteiger partial charge in [0, 0.05) is 33.7 Å². The molecule has 0 bridgehead atoms. The Morgan fingerprint density at radius 3 is 2.74 bits per heavy atom. The number of amides is 1. The van der Waals surface area contributed by atoms with Crippen molar-refractivity contribution >= 4 is 35.8 Å². The molecule has 2 rings (SSSR count). The Balaban J connectivity index is 0.00000364. The van der Waals surface area contributed by atoms with Crippen molar-refractivity contribution in [2.45, 2.75) is 38.6 Å². The van der Waals surface area contributed by atoms with Crippen LogP contribution in [0.4, 0.5) is 0 Å². The lowest BCUT2D eigenvalue weighted by Gasteiger charge is -2.29. The van der Waals surface area contributed by atoms with E-state index in [-0.39, 0.29) is 36.4 Å². The van der Waals surface area contributed by atoms with Crippen LogP contribution in [0.2, 0.25) is 0 Å². The second-order valence-corrected chi connectivity index (χ2v) is 6.79. The molecule has 1 aromatic carbocycles. The van der Waals surface area contributed by atoms with Crippen LogP contribution in [0.25, 0.3) is 0 Å². The third kappa shape index (κ3) is 7.52. The summed E-state index contributed by atoms with van der Waals surface area (Å²) in [6, 6.07) is 8.37. The van der Waals surface area contributed by atoms with E-state index in [0.717, 1.165) is 38.3 Å². The molecule has 1 amide bonds. The molecular weight excluding hydrogens is 451 g/mol. The van der Waals surface area contributed by atoms with Gasteiger partial charge in [0.1, 0.15) is 0 Å². The summed E-state index contributed by atoms with van der Waals surface area (Å²) in [7, 11) is 3.78. The van der Waals surface area contributed by atoms with Crippen molar-refractivity contribution in [3.8, 4) is 0 Å². The fourth-order valence-electron chi connectivity index (χ4n) is 3.28. The maximum Gasteiger partial charge on any atom is 0.242 e. The van der Waals surface area contributed by atoms with Gasteiger partial charge in [0.15, 0.2) is 5.96 Å². The van der Waals surface area contributed by atoms with Gasteiger partial charge >= 0.3 is 0 Å². The number of fused-ring (bicyclic) bond motifs is 1. The van der Waals surface area contributed by atoms with Crippen LogP contribution in [0.5, 0.6) is 0 Å². The Labute approximate surface area is 180 Å². The first kappa shape index (κ1) is 23.5. The van der Waals surface area contributed by atoms with Crippen molar-refractivity contribution in [1.29, 1.82) is 0 Å². The first-order valence-electron chi connectivity index (χ1n) is 9.53. The molecule has 0 atom stereocenters. The summed E-state index contributed by atoms with van der Waals surface area (Å²) in [5, 5.41) is 3.21. The Kier molecular flexibility index (Phi) is 11.1. The predicted octanol–water partition coefficient (Wildman–Crippen LogP) is 3.44. The van der Waals surface area contributed by atoms with E-state index < -0.39 is 0 Å². The zero-order valence-corrected chi connectivity index (χ0v) is 18.9. The van der Waals surface area contributed by atoms with Gasteiger partial charge in [0.2, 0.25) is 5.91 Å². The Bertz CT molecular complexity index is 632. The molecule has 1 heterocycles. The highest BCUT2D eigenvalue weighted by Gasteiger charge is 2.20. The van der Waals surface area contributed by atoms with Crippen molar-refractivity contribution in [1.82, 2.24) is 15.1 Å². The van der Waals surface area contributed by atoms with Crippen LogP contribution in [0.3, 0.4) is 0 Å². The lowest BCUT2D eigenvalue weighted by atomic mass is 10.00. The van der Waals surface area contributed by atoms with Crippen LogP contribution in [0, 0.1) is 0 Å². The summed E-state index contributed by atoms with van der Waals surface area (Å²) in [5.41, 5.74) is 2.62. The van der Waals surface area contributed by atoms with E-state index >= 15 is 0 Å². The molecule has 0 spiro atoms. The van der Waals surface area contributed by atoms with Crippen molar-refractivity contribution < 1.29 is 4.79 Å². The van der Waals surface area contributed by atoms with Crippen LogP contribution < -0.4 is 5.32 Å². The second-order valence-electron chi connectivity index (χ2n) is 6.79. The van der Waals surface area contributed by atoms with Crippen LogP contribution in [0.15, 0.2) is 41.9 Å². The Hall–Kier alpha value is -1.57. The number of carbonyl (C=O) groups excluding carboxylic acids is 1. The minimum absolute atomic E-state index is 0. The highest BCUT2D eigenvalue weighted by Crippen LogP contribution is 2.18. The number of hydrogen-bond acceptors (Lipinski definition) is 2. The molecule has 0 unspecified atom stereocenters. The fourth-order valence-corrected chi connectivity index (χ4v) is 3.28. The highest BCUT2D eigenvalue weighted by atomic mass is 127. The van der Waals surface area contributed by atoms with Crippen molar-refractivity contribution in [2.75, 3.05) is 33.7 Å². The summed E-state index contributed by atoms with van der Waals surface area (Å²) >= 11 is 0. The monoisotopic (exact) mass is 484 g/mol. The number of guanidine groups is 1. The minimum Gasteiger partial charge on any atom is -0.347 e. The molecule has 150 valence electrons. The van der Waals surface area contributed by atoms with Gasteiger partial charge < -0.3 is 15.1 Å². The number of nitrogens with zero attached hydrogens (tertiary/aromatic N) is 3. The van der Waals surface area contributed by atoms with Crippen molar-refractivity contribution in [3.05, 3.63) is 48.0 Å². The molecule has 1 aliphatic heterocycles. The first-order chi connectivity index (χ1) is 12.7. The zero-order valence-electron chi connectivity index (χ0n) is 16.6. The topological polar surface area (TPSA) is 47.9 Å². The molecule has 1 aliphatic rings. The number of nitrogens with one attached hydrogen (secondary N) is 1. The van der Waals surface area contributed by atoms with E-state index in [2.05, 4.69) is 40.0 Å². The van der Waals surface area contributed by atoms with Crippen LogP contribution in [-0.4, -0.2) is 55.4 Å². The van der Waals surface area contributed by atoms with Gasteiger partial charge in [-0.3, -0.25) is 9.79 Å².